The Labute approximate surface area is 203 Å². The van der Waals surface area contributed by atoms with Gasteiger partial charge in [-0.05, 0) is 58.8 Å². The van der Waals surface area contributed by atoms with E-state index >= 15 is 0 Å². The molecule has 5 rings (SSSR count). The lowest BCUT2D eigenvalue weighted by atomic mass is 9.78. The standard InChI is InChI=1S/C26H28N2O5S/c1-14-20(24(26(32)33-3)28-23(14)22(15(2)30)25(28)31)12-27-11-17-9-19(16-7-5-4-6-8-16)18(13-29)10-21(17)34-27/h4-10,14-15,22-23,29-30H,11-13H2,1-3H3. The Bertz CT molecular complexity index is 1180. The number of carbonyl (C=O) groups is 2. The summed E-state index contributed by atoms with van der Waals surface area (Å²) < 4.78 is 7.19. The van der Waals surface area contributed by atoms with Gasteiger partial charge in [-0.15, -0.1) is 0 Å². The minimum absolute atomic E-state index is 0.0494. The van der Waals surface area contributed by atoms with E-state index in [0.717, 1.165) is 32.7 Å². The summed E-state index contributed by atoms with van der Waals surface area (Å²) in [6, 6.07) is 14.0. The van der Waals surface area contributed by atoms with E-state index in [9.17, 15) is 19.8 Å². The Morgan fingerprint density at radius 2 is 2.00 bits per heavy atom. The molecule has 178 valence electrons. The Kier molecular flexibility index (Phi) is 6.02. The average molecular weight is 481 g/mol. The van der Waals surface area contributed by atoms with Gasteiger partial charge in [0, 0.05) is 23.9 Å². The molecule has 1 amide bonds. The number of amides is 1. The molecule has 0 bridgehead atoms. The number of aliphatic hydroxyl groups excluding tert-OH is 2. The number of nitrogens with zero attached hydrogens (tertiary/aromatic N) is 2. The molecule has 4 atom stereocenters. The maximum Gasteiger partial charge on any atom is 0.354 e. The largest absolute Gasteiger partial charge is 0.464 e. The van der Waals surface area contributed by atoms with Gasteiger partial charge in [0.1, 0.15) is 5.70 Å². The number of fused-ring (bicyclic) bond motifs is 2. The lowest BCUT2D eigenvalue weighted by Gasteiger charge is -2.46. The number of rotatable bonds is 6. The molecule has 1 fully saturated rings. The first-order valence-corrected chi connectivity index (χ1v) is 12.2. The highest BCUT2D eigenvalue weighted by Crippen LogP contribution is 2.49. The van der Waals surface area contributed by atoms with Crippen LogP contribution in [0.25, 0.3) is 11.1 Å². The van der Waals surface area contributed by atoms with Crippen LogP contribution in [-0.4, -0.2) is 57.1 Å². The second-order valence-electron chi connectivity index (χ2n) is 9.15. The molecule has 2 aromatic carbocycles. The van der Waals surface area contributed by atoms with Gasteiger partial charge in [-0.1, -0.05) is 37.3 Å². The minimum atomic E-state index is -0.770. The average Bonchev–Trinajstić information content (AvgIpc) is 3.34. The van der Waals surface area contributed by atoms with Gasteiger partial charge in [0.25, 0.3) is 0 Å². The third kappa shape index (κ3) is 3.56. The van der Waals surface area contributed by atoms with Gasteiger partial charge >= 0.3 is 5.97 Å². The monoisotopic (exact) mass is 480 g/mol. The molecule has 8 heteroatoms. The van der Waals surface area contributed by atoms with Crippen LogP contribution in [0.15, 0.2) is 58.6 Å². The Morgan fingerprint density at radius 3 is 2.65 bits per heavy atom. The number of esters is 1. The van der Waals surface area contributed by atoms with Gasteiger partial charge in [-0.3, -0.25) is 4.79 Å². The zero-order chi connectivity index (χ0) is 24.1. The summed E-state index contributed by atoms with van der Waals surface area (Å²) in [4.78, 5) is 28.0. The van der Waals surface area contributed by atoms with Crippen molar-refractivity contribution in [1.29, 1.82) is 0 Å². The molecule has 0 radical (unpaired) electrons. The van der Waals surface area contributed by atoms with Gasteiger partial charge in [0.2, 0.25) is 5.91 Å². The maximum absolute atomic E-state index is 12.7. The highest BCUT2D eigenvalue weighted by Gasteiger charge is 2.60. The fourth-order valence-electron chi connectivity index (χ4n) is 5.47. The summed E-state index contributed by atoms with van der Waals surface area (Å²) in [5.41, 5.74) is 5.29. The van der Waals surface area contributed by atoms with E-state index in [-0.39, 0.29) is 24.5 Å². The van der Waals surface area contributed by atoms with Crippen molar-refractivity contribution in [2.45, 2.75) is 44.0 Å². The van der Waals surface area contributed by atoms with Crippen molar-refractivity contribution in [2.24, 2.45) is 11.8 Å². The van der Waals surface area contributed by atoms with E-state index in [1.165, 1.54) is 12.0 Å². The van der Waals surface area contributed by atoms with Crippen molar-refractivity contribution in [3.63, 3.8) is 0 Å². The van der Waals surface area contributed by atoms with E-state index < -0.39 is 18.0 Å². The number of β-lactam (4-membered cyclic amide) rings is 1. The summed E-state index contributed by atoms with van der Waals surface area (Å²) in [5, 5.41) is 20.1. The first-order valence-electron chi connectivity index (χ1n) is 11.4. The van der Waals surface area contributed by atoms with Crippen molar-refractivity contribution in [3.8, 4) is 11.1 Å². The van der Waals surface area contributed by atoms with Crippen LogP contribution in [0.3, 0.4) is 0 Å². The molecule has 34 heavy (non-hydrogen) atoms. The second-order valence-corrected chi connectivity index (χ2v) is 10.3. The van der Waals surface area contributed by atoms with Crippen molar-refractivity contribution in [2.75, 3.05) is 13.7 Å². The van der Waals surface area contributed by atoms with Crippen LogP contribution in [0.5, 0.6) is 0 Å². The maximum atomic E-state index is 12.7. The van der Waals surface area contributed by atoms with Crippen molar-refractivity contribution in [3.05, 3.63) is 64.9 Å². The van der Waals surface area contributed by atoms with Crippen LogP contribution in [0.4, 0.5) is 0 Å². The topological polar surface area (TPSA) is 90.3 Å². The van der Waals surface area contributed by atoms with Crippen LogP contribution in [0.2, 0.25) is 0 Å². The zero-order valence-corrected chi connectivity index (χ0v) is 20.2. The molecule has 3 heterocycles. The normalized spacial score (nSPS) is 24.7. The van der Waals surface area contributed by atoms with Crippen molar-refractivity contribution < 1.29 is 24.5 Å². The quantitative estimate of drug-likeness (QED) is 0.373. The van der Waals surface area contributed by atoms with E-state index in [2.05, 4.69) is 10.4 Å². The van der Waals surface area contributed by atoms with Crippen LogP contribution < -0.4 is 0 Å². The van der Waals surface area contributed by atoms with Gasteiger partial charge in [-0.25, -0.2) is 9.10 Å². The fourth-order valence-corrected chi connectivity index (χ4v) is 6.59. The molecular formula is C26H28N2O5S. The first kappa shape index (κ1) is 23.1. The number of hydrogen-bond acceptors (Lipinski definition) is 7. The smallest absolute Gasteiger partial charge is 0.354 e. The van der Waals surface area contributed by atoms with Crippen molar-refractivity contribution >= 4 is 23.8 Å². The minimum Gasteiger partial charge on any atom is -0.464 e. The van der Waals surface area contributed by atoms with Gasteiger partial charge in [0.05, 0.1) is 31.8 Å². The Hall–Kier alpha value is -2.65. The first-order chi connectivity index (χ1) is 16.3. The Morgan fingerprint density at radius 1 is 1.26 bits per heavy atom. The summed E-state index contributed by atoms with van der Waals surface area (Å²) in [6.07, 6.45) is -0.770. The van der Waals surface area contributed by atoms with Crippen LogP contribution >= 0.6 is 11.9 Å². The number of carbonyl (C=O) groups excluding carboxylic acids is 2. The molecule has 3 aliphatic heterocycles. The lowest BCUT2D eigenvalue weighted by molar-refractivity contribution is -0.163. The second kappa shape index (κ2) is 8.85. The number of aliphatic hydroxyl groups is 2. The Balaban J connectivity index is 1.43. The highest BCUT2D eigenvalue weighted by atomic mass is 32.2. The molecular weight excluding hydrogens is 452 g/mol. The lowest BCUT2D eigenvalue weighted by Crippen LogP contribution is -2.63. The molecule has 2 N–H and O–H groups in total. The molecule has 0 aliphatic carbocycles. The summed E-state index contributed by atoms with van der Waals surface area (Å²) >= 11 is 1.59. The van der Waals surface area contributed by atoms with E-state index in [0.29, 0.717) is 18.8 Å². The van der Waals surface area contributed by atoms with Gasteiger partial charge in [0.15, 0.2) is 0 Å². The van der Waals surface area contributed by atoms with Gasteiger partial charge in [-0.2, -0.15) is 0 Å². The number of methoxy groups -OCH3 is 1. The highest BCUT2D eigenvalue weighted by molar-refractivity contribution is 7.97. The fraction of sp³-hybridized carbons (Fsp3) is 0.385. The summed E-state index contributed by atoms with van der Waals surface area (Å²) in [5.74, 6) is -1.31. The van der Waals surface area contributed by atoms with Crippen LogP contribution in [-0.2, 0) is 27.5 Å². The zero-order valence-electron chi connectivity index (χ0n) is 19.4. The molecule has 4 unspecified atom stereocenters. The molecule has 1 saturated heterocycles. The third-order valence-corrected chi connectivity index (χ3v) is 8.25. The number of benzene rings is 2. The molecule has 2 aromatic rings. The number of hydrogen-bond donors (Lipinski definition) is 2. The van der Waals surface area contributed by atoms with Gasteiger partial charge < -0.3 is 19.8 Å². The van der Waals surface area contributed by atoms with E-state index in [1.807, 2.05) is 43.3 Å². The summed E-state index contributed by atoms with van der Waals surface area (Å²) in [6.45, 7) is 4.75. The third-order valence-electron chi connectivity index (χ3n) is 7.16. The predicted octanol–water partition coefficient (Wildman–Crippen LogP) is 2.95. The van der Waals surface area contributed by atoms with Crippen molar-refractivity contribution in [1.82, 2.24) is 9.21 Å². The SMILES string of the molecule is COC(=O)C1=C(CN2Cc3cc(-c4ccccc4)c(CO)cc3S2)C(C)C2C(C(C)O)C(=O)N12. The number of ether oxygens (including phenoxy) is 1. The summed E-state index contributed by atoms with van der Waals surface area (Å²) in [7, 11) is 1.32. The van der Waals surface area contributed by atoms with E-state index in [1.54, 1.807) is 18.9 Å². The van der Waals surface area contributed by atoms with E-state index in [4.69, 9.17) is 4.74 Å². The predicted molar refractivity (Wildman–Crippen MR) is 128 cm³/mol. The molecule has 0 saturated carbocycles. The molecule has 3 aliphatic rings. The molecule has 7 nitrogen and oxygen atoms in total. The van der Waals surface area contributed by atoms with Crippen LogP contribution in [0.1, 0.15) is 25.0 Å². The van der Waals surface area contributed by atoms with Crippen LogP contribution in [0, 0.1) is 11.8 Å². The molecule has 0 aromatic heterocycles. The molecule has 0 spiro atoms.